The van der Waals surface area contributed by atoms with Gasteiger partial charge in [-0.25, -0.2) is 9.69 Å². The lowest BCUT2D eigenvalue weighted by Gasteiger charge is -2.26. The predicted octanol–water partition coefficient (Wildman–Crippen LogP) is 2.25. The van der Waals surface area contributed by atoms with Crippen molar-refractivity contribution in [3.05, 3.63) is 59.1 Å². The standard InChI is InChI=1S/C21H20ClN5O3/c1-25-11-10-24-19(25)13-2-6-16(7-3-13)27-18(28)12-17(20(27)29)26(21(23)30)15-8-4-14(22)5-9-15/h2-9,17H,10-12H2,1H3,(H2,23,30). The molecule has 30 heavy (non-hydrogen) atoms. The van der Waals surface area contributed by atoms with Gasteiger partial charge in [0.2, 0.25) is 5.91 Å². The molecule has 0 spiro atoms. The van der Waals surface area contributed by atoms with E-state index in [2.05, 4.69) is 4.99 Å². The molecule has 1 fully saturated rings. The van der Waals surface area contributed by atoms with Crippen LogP contribution in [0, 0.1) is 0 Å². The summed E-state index contributed by atoms with van der Waals surface area (Å²) in [4.78, 5) is 46.6. The minimum atomic E-state index is -1.01. The summed E-state index contributed by atoms with van der Waals surface area (Å²) < 4.78 is 0. The molecule has 0 aliphatic carbocycles. The van der Waals surface area contributed by atoms with E-state index in [9.17, 15) is 14.4 Å². The minimum Gasteiger partial charge on any atom is -0.358 e. The van der Waals surface area contributed by atoms with Crippen LogP contribution in [0.25, 0.3) is 0 Å². The maximum absolute atomic E-state index is 13.1. The summed E-state index contributed by atoms with van der Waals surface area (Å²) >= 11 is 5.90. The van der Waals surface area contributed by atoms with Gasteiger partial charge in [0.25, 0.3) is 5.91 Å². The first-order chi connectivity index (χ1) is 14.4. The molecule has 2 aromatic rings. The van der Waals surface area contributed by atoms with Crippen LogP contribution < -0.4 is 15.5 Å². The average Bonchev–Trinajstić information content (AvgIpc) is 3.26. The van der Waals surface area contributed by atoms with Gasteiger partial charge in [0, 0.05) is 29.9 Å². The van der Waals surface area contributed by atoms with Gasteiger partial charge in [-0.1, -0.05) is 11.6 Å². The Morgan fingerprint density at radius 2 is 1.80 bits per heavy atom. The van der Waals surface area contributed by atoms with Crippen molar-refractivity contribution < 1.29 is 14.4 Å². The topological polar surface area (TPSA) is 99.3 Å². The van der Waals surface area contributed by atoms with Crippen LogP contribution >= 0.6 is 11.6 Å². The highest BCUT2D eigenvalue weighted by atomic mass is 35.5. The van der Waals surface area contributed by atoms with Crippen molar-refractivity contribution in [1.29, 1.82) is 0 Å². The van der Waals surface area contributed by atoms with Gasteiger partial charge in [-0.15, -0.1) is 0 Å². The first kappa shape index (κ1) is 19.9. The van der Waals surface area contributed by atoms with Gasteiger partial charge in [-0.05, 0) is 48.5 Å². The molecule has 154 valence electrons. The largest absolute Gasteiger partial charge is 0.358 e. The van der Waals surface area contributed by atoms with Crippen molar-refractivity contribution >= 4 is 46.7 Å². The Kier molecular flexibility index (Phi) is 5.17. The number of urea groups is 1. The number of benzene rings is 2. The molecule has 2 N–H and O–H groups in total. The average molecular weight is 426 g/mol. The summed E-state index contributed by atoms with van der Waals surface area (Å²) in [5.41, 5.74) is 7.29. The maximum atomic E-state index is 13.1. The maximum Gasteiger partial charge on any atom is 0.320 e. The zero-order chi connectivity index (χ0) is 21.4. The molecule has 1 atom stereocenters. The Balaban J connectivity index is 1.60. The number of carbonyl (C=O) groups excluding carboxylic acids is 3. The highest BCUT2D eigenvalue weighted by Gasteiger charge is 2.44. The van der Waals surface area contributed by atoms with Crippen LogP contribution in [0.3, 0.4) is 0 Å². The molecule has 0 aromatic heterocycles. The first-order valence-electron chi connectivity index (χ1n) is 9.44. The number of halogens is 1. The third kappa shape index (κ3) is 3.50. The number of imide groups is 1. The van der Waals surface area contributed by atoms with Gasteiger partial charge in [0.05, 0.1) is 18.7 Å². The van der Waals surface area contributed by atoms with E-state index in [1.54, 1.807) is 36.4 Å². The molecule has 2 aliphatic rings. The van der Waals surface area contributed by atoms with Crippen molar-refractivity contribution in [2.24, 2.45) is 10.7 Å². The molecule has 0 bridgehead atoms. The van der Waals surface area contributed by atoms with Crippen molar-refractivity contribution in [3.8, 4) is 0 Å². The van der Waals surface area contributed by atoms with Crippen LogP contribution in [0.4, 0.5) is 16.2 Å². The number of hydrogen-bond donors (Lipinski definition) is 1. The number of likely N-dealkylation sites (N-methyl/N-ethyl adjacent to an activating group) is 1. The molecule has 2 aromatic carbocycles. The number of rotatable bonds is 4. The number of amidine groups is 1. The molecule has 4 amide bonds. The Morgan fingerprint density at radius 3 is 2.37 bits per heavy atom. The zero-order valence-corrected chi connectivity index (χ0v) is 17.0. The lowest BCUT2D eigenvalue weighted by atomic mass is 10.1. The molecular formula is C21H20ClN5O3. The van der Waals surface area contributed by atoms with E-state index in [0.29, 0.717) is 16.4 Å². The van der Waals surface area contributed by atoms with Crippen LogP contribution in [-0.4, -0.2) is 54.8 Å². The molecule has 4 rings (SSSR count). The Bertz CT molecular complexity index is 1040. The summed E-state index contributed by atoms with van der Waals surface area (Å²) in [7, 11) is 1.97. The summed E-state index contributed by atoms with van der Waals surface area (Å²) in [6, 6.07) is 11.6. The Labute approximate surface area is 178 Å². The van der Waals surface area contributed by atoms with Gasteiger partial charge < -0.3 is 10.6 Å². The van der Waals surface area contributed by atoms with E-state index in [1.807, 2.05) is 24.1 Å². The van der Waals surface area contributed by atoms with E-state index in [1.165, 1.54) is 0 Å². The second-order valence-electron chi connectivity index (χ2n) is 7.15. The highest BCUT2D eigenvalue weighted by molar-refractivity contribution is 6.30. The van der Waals surface area contributed by atoms with Crippen LogP contribution in [0.15, 0.2) is 53.5 Å². The number of aliphatic imine (C=N–C) groups is 1. The van der Waals surface area contributed by atoms with Crippen LogP contribution in [0.1, 0.15) is 12.0 Å². The van der Waals surface area contributed by atoms with Crippen LogP contribution in [0.5, 0.6) is 0 Å². The molecule has 8 nitrogen and oxygen atoms in total. The Hall–Kier alpha value is -3.39. The van der Waals surface area contributed by atoms with E-state index in [0.717, 1.165) is 34.3 Å². The predicted molar refractivity (Wildman–Crippen MR) is 115 cm³/mol. The molecule has 2 aliphatic heterocycles. The van der Waals surface area contributed by atoms with Gasteiger partial charge in [-0.2, -0.15) is 0 Å². The lowest BCUT2D eigenvalue weighted by Crippen LogP contribution is -2.48. The van der Waals surface area contributed by atoms with Crippen molar-refractivity contribution in [3.63, 3.8) is 0 Å². The van der Waals surface area contributed by atoms with Crippen molar-refractivity contribution in [1.82, 2.24) is 4.90 Å². The second kappa shape index (κ2) is 7.79. The number of nitrogens with two attached hydrogens (primary N) is 1. The minimum absolute atomic E-state index is 0.151. The third-order valence-electron chi connectivity index (χ3n) is 5.22. The monoisotopic (exact) mass is 425 g/mol. The highest BCUT2D eigenvalue weighted by Crippen LogP contribution is 2.30. The zero-order valence-electron chi connectivity index (χ0n) is 16.3. The molecule has 1 unspecified atom stereocenters. The van der Waals surface area contributed by atoms with Gasteiger partial charge >= 0.3 is 6.03 Å². The number of anilines is 2. The van der Waals surface area contributed by atoms with Crippen molar-refractivity contribution in [2.45, 2.75) is 12.5 Å². The molecule has 0 radical (unpaired) electrons. The summed E-state index contributed by atoms with van der Waals surface area (Å²) in [5.74, 6) is -0.0220. The third-order valence-corrected chi connectivity index (χ3v) is 5.47. The van der Waals surface area contributed by atoms with Crippen LogP contribution in [0.2, 0.25) is 5.02 Å². The van der Waals surface area contributed by atoms with Crippen LogP contribution in [-0.2, 0) is 9.59 Å². The molecule has 1 saturated heterocycles. The summed E-state index contributed by atoms with van der Waals surface area (Å²) in [6.07, 6.45) is -0.151. The fourth-order valence-corrected chi connectivity index (χ4v) is 3.88. The van der Waals surface area contributed by atoms with Gasteiger partial charge in [0.15, 0.2) is 0 Å². The molecule has 2 heterocycles. The number of nitrogens with zero attached hydrogens (tertiary/aromatic N) is 4. The van der Waals surface area contributed by atoms with Gasteiger partial charge in [-0.3, -0.25) is 19.5 Å². The molecule has 0 saturated carbocycles. The quantitative estimate of drug-likeness (QED) is 0.759. The number of amides is 4. The number of carbonyl (C=O) groups is 3. The lowest BCUT2D eigenvalue weighted by molar-refractivity contribution is -0.121. The smallest absolute Gasteiger partial charge is 0.320 e. The van der Waals surface area contributed by atoms with E-state index >= 15 is 0 Å². The molecular weight excluding hydrogens is 406 g/mol. The van der Waals surface area contributed by atoms with E-state index < -0.39 is 23.9 Å². The fraction of sp³-hybridized carbons (Fsp3) is 0.238. The fourth-order valence-electron chi connectivity index (χ4n) is 3.76. The SMILES string of the molecule is CN1CCN=C1c1ccc(N2C(=O)CC(N(C(N)=O)c3ccc(Cl)cc3)C2=O)cc1. The molecule has 9 heteroatoms. The summed E-state index contributed by atoms with van der Waals surface area (Å²) in [6.45, 7) is 1.60. The second-order valence-corrected chi connectivity index (χ2v) is 7.58. The first-order valence-corrected chi connectivity index (χ1v) is 9.81. The number of hydrogen-bond acceptors (Lipinski definition) is 5. The van der Waals surface area contributed by atoms with Gasteiger partial charge in [0.1, 0.15) is 11.9 Å². The normalized spacial score (nSPS) is 18.7. The van der Waals surface area contributed by atoms with E-state index in [4.69, 9.17) is 17.3 Å². The number of primary amides is 1. The van der Waals surface area contributed by atoms with Crippen molar-refractivity contribution in [2.75, 3.05) is 29.9 Å². The Morgan fingerprint density at radius 1 is 1.13 bits per heavy atom. The summed E-state index contributed by atoms with van der Waals surface area (Å²) in [5, 5.41) is 0.483. The van der Waals surface area contributed by atoms with E-state index in [-0.39, 0.29) is 6.42 Å².